The molecule has 0 amide bonds. The normalized spacial score (nSPS) is 15.5. The molecule has 0 atom stereocenters. The number of rotatable bonds is 2. The van der Waals surface area contributed by atoms with Crippen molar-refractivity contribution in [2.45, 2.75) is 32.7 Å². The quantitative estimate of drug-likeness (QED) is 0.584. The molecule has 4 aromatic rings. The topological polar surface area (TPSA) is 77.1 Å². The second-order valence-electron chi connectivity index (χ2n) is 7.50. The minimum absolute atomic E-state index is 0.0354. The highest BCUT2D eigenvalue weighted by molar-refractivity contribution is 5.80. The number of imidazole rings is 1. The molecule has 4 aromatic heterocycles. The fraction of sp³-hybridized carbons (Fsp3) is 0.333. The molecule has 1 N–H and O–H groups in total. The van der Waals surface area contributed by atoms with Gasteiger partial charge < -0.3 is 9.88 Å². The largest absolute Gasteiger partial charge is 0.317 e. The highest BCUT2D eigenvalue weighted by Crippen LogP contribution is 2.22. The van der Waals surface area contributed by atoms with Gasteiger partial charge in [-0.05, 0) is 69.6 Å². The van der Waals surface area contributed by atoms with Crippen LogP contribution < -0.4 is 10.9 Å². The van der Waals surface area contributed by atoms with Gasteiger partial charge in [0.1, 0.15) is 5.69 Å². The summed E-state index contributed by atoms with van der Waals surface area (Å²) in [5.74, 6) is 0. The van der Waals surface area contributed by atoms with E-state index < -0.39 is 0 Å². The van der Waals surface area contributed by atoms with Gasteiger partial charge in [0.2, 0.25) is 0 Å². The number of aromatic nitrogens is 5. The Morgan fingerprint density at radius 3 is 2.71 bits per heavy atom. The Balaban J connectivity index is 1.59. The summed E-state index contributed by atoms with van der Waals surface area (Å²) >= 11 is 0. The minimum atomic E-state index is 0.0354. The van der Waals surface area contributed by atoms with Gasteiger partial charge in [0.15, 0.2) is 5.65 Å². The third kappa shape index (κ3) is 2.79. The highest BCUT2D eigenvalue weighted by Gasteiger charge is 2.17. The van der Waals surface area contributed by atoms with Crippen LogP contribution in [0.2, 0.25) is 0 Å². The van der Waals surface area contributed by atoms with Crippen LogP contribution in [0.1, 0.15) is 30.1 Å². The second kappa shape index (κ2) is 6.53. The molecule has 28 heavy (non-hydrogen) atoms. The molecule has 0 aromatic carbocycles. The maximum atomic E-state index is 13.0. The van der Waals surface area contributed by atoms with E-state index >= 15 is 0 Å². The maximum absolute atomic E-state index is 13.0. The molecule has 1 aliphatic heterocycles. The lowest BCUT2D eigenvalue weighted by atomic mass is 10.1. The first-order valence-electron chi connectivity index (χ1n) is 9.67. The van der Waals surface area contributed by atoms with Crippen LogP contribution in [-0.4, -0.2) is 37.2 Å². The van der Waals surface area contributed by atoms with Crippen molar-refractivity contribution in [1.82, 2.24) is 29.5 Å². The molecule has 5 rings (SSSR count). The number of fused-ring (bicyclic) bond motifs is 2. The van der Waals surface area contributed by atoms with Crippen LogP contribution in [0.15, 0.2) is 41.5 Å². The molecule has 0 unspecified atom stereocenters. The van der Waals surface area contributed by atoms with Gasteiger partial charge in [-0.1, -0.05) is 0 Å². The van der Waals surface area contributed by atoms with Gasteiger partial charge in [0, 0.05) is 12.2 Å². The summed E-state index contributed by atoms with van der Waals surface area (Å²) in [5, 5.41) is 8.65. The van der Waals surface area contributed by atoms with Crippen LogP contribution in [0.5, 0.6) is 0 Å². The van der Waals surface area contributed by atoms with E-state index in [-0.39, 0.29) is 11.6 Å². The van der Waals surface area contributed by atoms with E-state index in [0.717, 1.165) is 54.2 Å². The Labute approximate surface area is 162 Å². The van der Waals surface area contributed by atoms with Crippen LogP contribution in [-0.2, 0) is 0 Å². The predicted molar refractivity (Wildman–Crippen MR) is 109 cm³/mol. The third-order valence-electron chi connectivity index (χ3n) is 5.48. The number of nitrogens with zero attached hydrogens (tertiary/aromatic N) is 5. The van der Waals surface area contributed by atoms with Gasteiger partial charge in [-0.2, -0.15) is 5.10 Å². The molecule has 1 aliphatic rings. The van der Waals surface area contributed by atoms with Crippen LogP contribution >= 0.6 is 0 Å². The first-order chi connectivity index (χ1) is 13.6. The van der Waals surface area contributed by atoms with Crippen LogP contribution in [0.4, 0.5) is 0 Å². The summed E-state index contributed by atoms with van der Waals surface area (Å²) in [7, 11) is 0. The molecule has 0 saturated carbocycles. The Morgan fingerprint density at radius 2 is 1.89 bits per heavy atom. The van der Waals surface area contributed by atoms with Crippen LogP contribution in [0, 0.1) is 13.8 Å². The zero-order valence-corrected chi connectivity index (χ0v) is 16.0. The van der Waals surface area contributed by atoms with Crippen LogP contribution in [0.3, 0.4) is 0 Å². The van der Waals surface area contributed by atoms with Gasteiger partial charge in [-0.3, -0.25) is 4.79 Å². The zero-order chi connectivity index (χ0) is 19.3. The van der Waals surface area contributed by atoms with Crippen molar-refractivity contribution in [2.75, 3.05) is 13.1 Å². The molecule has 0 radical (unpaired) electrons. The molecular weight excluding hydrogens is 352 g/mol. The smallest absolute Gasteiger partial charge is 0.260 e. The maximum Gasteiger partial charge on any atom is 0.260 e. The molecule has 142 valence electrons. The van der Waals surface area contributed by atoms with E-state index in [1.165, 1.54) is 0 Å². The average molecular weight is 374 g/mol. The van der Waals surface area contributed by atoms with Crippen molar-refractivity contribution < 1.29 is 0 Å². The Morgan fingerprint density at radius 1 is 1.07 bits per heavy atom. The van der Waals surface area contributed by atoms with Crippen molar-refractivity contribution in [1.29, 1.82) is 0 Å². The van der Waals surface area contributed by atoms with E-state index in [2.05, 4.69) is 15.4 Å². The molecule has 1 fully saturated rings. The number of hydrogen-bond donors (Lipinski definition) is 1. The Bertz CT molecular complexity index is 1250. The van der Waals surface area contributed by atoms with Crippen LogP contribution in [0.25, 0.3) is 27.9 Å². The number of aryl methyl sites for hydroxylation is 2. The lowest BCUT2D eigenvalue weighted by Crippen LogP contribution is -2.34. The molecule has 5 heterocycles. The number of piperidine rings is 1. The Hall–Kier alpha value is -3.06. The molecule has 0 bridgehead atoms. The predicted octanol–water partition coefficient (Wildman–Crippen LogP) is 2.65. The van der Waals surface area contributed by atoms with Gasteiger partial charge >= 0.3 is 0 Å². The first kappa shape index (κ1) is 17.1. The number of hydrogen-bond acceptors (Lipinski definition) is 5. The summed E-state index contributed by atoms with van der Waals surface area (Å²) in [6.45, 7) is 5.88. The van der Waals surface area contributed by atoms with Gasteiger partial charge in [-0.25, -0.2) is 14.5 Å². The standard InChI is InChI=1S/C21H22N6O/c1-13-11-19(25-27-12-14(2)23-20(13)27)18-4-3-16-17(24-18)7-10-26(21(16)28)15-5-8-22-9-6-15/h3-4,7,10-12,15,22H,5-6,8-9H2,1-2H3. The van der Waals surface area contributed by atoms with Gasteiger partial charge in [0.05, 0.1) is 28.5 Å². The van der Waals surface area contributed by atoms with E-state index in [4.69, 9.17) is 4.98 Å². The van der Waals surface area contributed by atoms with E-state index in [0.29, 0.717) is 10.9 Å². The molecule has 7 heteroatoms. The van der Waals surface area contributed by atoms with Crippen molar-refractivity contribution in [2.24, 2.45) is 0 Å². The molecule has 0 aliphatic carbocycles. The number of pyridine rings is 2. The first-order valence-corrected chi connectivity index (χ1v) is 9.67. The average Bonchev–Trinajstić information content (AvgIpc) is 3.09. The molecular formula is C21H22N6O. The monoisotopic (exact) mass is 374 g/mol. The lowest BCUT2D eigenvalue weighted by Gasteiger charge is -2.24. The van der Waals surface area contributed by atoms with Crippen molar-refractivity contribution >= 4 is 16.6 Å². The number of nitrogens with one attached hydrogen (secondary N) is 1. The minimum Gasteiger partial charge on any atom is -0.317 e. The van der Waals surface area contributed by atoms with Gasteiger partial charge in [0.25, 0.3) is 5.56 Å². The van der Waals surface area contributed by atoms with Crippen molar-refractivity contribution in [3.05, 3.63) is 58.3 Å². The van der Waals surface area contributed by atoms with Gasteiger partial charge in [-0.15, -0.1) is 0 Å². The van der Waals surface area contributed by atoms with E-state index in [9.17, 15) is 4.79 Å². The lowest BCUT2D eigenvalue weighted by molar-refractivity contribution is 0.362. The summed E-state index contributed by atoms with van der Waals surface area (Å²) in [6.07, 6.45) is 5.75. The fourth-order valence-corrected chi connectivity index (χ4v) is 4.03. The summed E-state index contributed by atoms with van der Waals surface area (Å²) < 4.78 is 3.66. The van der Waals surface area contributed by atoms with Crippen molar-refractivity contribution in [3.8, 4) is 11.4 Å². The molecule has 0 spiro atoms. The summed E-state index contributed by atoms with van der Waals surface area (Å²) in [4.78, 5) is 22.2. The fourth-order valence-electron chi connectivity index (χ4n) is 4.03. The highest BCUT2D eigenvalue weighted by atomic mass is 16.1. The summed E-state index contributed by atoms with van der Waals surface area (Å²) in [6, 6.07) is 7.95. The third-order valence-corrected chi connectivity index (χ3v) is 5.48. The molecule has 1 saturated heterocycles. The summed E-state index contributed by atoms with van der Waals surface area (Å²) in [5.41, 5.74) is 5.09. The second-order valence-corrected chi connectivity index (χ2v) is 7.50. The molecule has 7 nitrogen and oxygen atoms in total. The van der Waals surface area contributed by atoms with Crippen molar-refractivity contribution in [3.63, 3.8) is 0 Å². The SMILES string of the molecule is Cc1cn2nc(-c3ccc4c(=O)n(C5CCNCC5)ccc4n3)cc(C)c2n1. The Kier molecular flexibility index (Phi) is 3.98. The van der Waals surface area contributed by atoms with E-state index in [1.807, 2.05) is 55.1 Å². The zero-order valence-electron chi connectivity index (χ0n) is 16.0. The van der Waals surface area contributed by atoms with E-state index in [1.54, 1.807) is 4.52 Å².